The minimum absolute atomic E-state index is 0.587. The molecule has 0 spiro atoms. The third kappa shape index (κ3) is 9.43. The third-order valence-corrected chi connectivity index (χ3v) is 13.2. The molecule has 0 bridgehead atoms. The van der Waals surface area contributed by atoms with Crippen LogP contribution in [0.4, 0.5) is 0 Å². The van der Waals surface area contributed by atoms with E-state index in [9.17, 15) is 0 Å². The zero-order chi connectivity index (χ0) is 48.1. The Balaban J connectivity index is 1.08. The molecule has 0 aliphatic heterocycles. The molecule has 0 fully saturated rings. The molecule has 0 amide bonds. The van der Waals surface area contributed by atoms with Crippen LogP contribution in [0.5, 0.6) is 0 Å². The highest BCUT2D eigenvalue weighted by Crippen LogP contribution is 2.40. The average molecular weight is 918 g/mol. The van der Waals surface area contributed by atoms with Gasteiger partial charge in [-0.2, -0.15) is 0 Å². The summed E-state index contributed by atoms with van der Waals surface area (Å²) in [7, 11) is 0. The van der Waals surface area contributed by atoms with E-state index in [1.54, 1.807) is 0 Å². The van der Waals surface area contributed by atoms with E-state index in [2.05, 4.69) is 267 Å². The summed E-state index contributed by atoms with van der Waals surface area (Å²) >= 11 is 0. The second-order valence-electron chi connectivity index (χ2n) is 18.1. The first-order valence-electron chi connectivity index (χ1n) is 24.4. The van der Waals surface area contributed by atoms with E-state index in [0.717, 1.165) is 106 Å². The summed E-state index contributed by atoms with van der Waals surface area (Å²) in [4.78, 5) is 16.1. The van der Waals surface area contributed by atoms with Gasteiger partial charge >= 0.3 is 0 Å². The molecule has 3 nitrogen and oxygen atoms in total. The number of hydrogen-bond donors (Lipinski definition) is 0. The summed E-state index contributed by atoms with van der Waals surface area (Å²) in [6.07, 6.45) is 0. The number of nitrogens with zero attached hydrogens (tertiary/aromatic N) is 3. The predicted octanol–water partition coefficient (Wildman–Crippen LogP) is 18.2. The molecule has 1 aromatic heterocycles. The van der Waals surface area contributed by atoms with Gasteiger partial charge in [0.2, 0.25) is 0 Å². The van der Waals surface area contributed by atoms with Crippen LogP contribution in [0.3, 0.4) is 0 Å². The lowest BCUT2D eigenvalue weighted by molar-refractivity contribution is 1.07. The summed E-state index contributed by atoms with van der Waals surface area (Å²) < 4.78 is 0. The first-order chi connectivity index (χ1) is 35.6. The quantitative estimate of drug-likeness (QED) is 0.130. The van der Waals surface area contributed by atoms with Gasteiger partial charge in [-0.25, -0.2) is 15.0 Å². The molecular formula is C69H47N3. The Morgan fingerprint density at radius 1 is 0.125 bits per heavy atom. The molecule has 12 aromatic rings. The number of rotatable bonds is 11. The molecule has 0 atom stereocenters. The molecule has 72 heavy (non-hydrogen) atoms. The molecule has 12 rings (SSSR count). The lowest BCUT2D eigenvalue weighted by atomic mass is 9.90. The van der Waals surface area contributed by atoms with Crippen LogP contribution in [0.15, 0.2) is 285 Å². The Labute approximate surface area is 421 Å². The zero-order valence-electron chi connectivity index (χ0n) is 39.5. The Bertz CT molecular complexity index is 3460. The fraction of sp³-hybridized carbons (Fsp3) is 0. The van der Waals surface area contributed by atoms with Crippen LogP contribution < -0.4 is 0 Å². The molecule has 0 saturated heterocycles. The number of aromatic nitrogens is 3. The van der Waals surface area contributed by atoms with Crippen molar-refractivity contribution in [3.63, 3.8) is 0 Å². The predicted molar refractivity (Wildman–Crippen MR) is 300 cm³/mol. The van der Waals surface area contributed by atoms with Gasteiger partial charge in [-0.3, -0.25) is 0 Å². The van der Waals surface area contributed by atoms with E-state index < -0.39 is 0 Å². The SMILES string of the molecule is c1ccc(-c2cc(-c3ccccc3)cc(-c3cc(-c4ccccc4)cc(-c4nc(-c5ccccc5)nc(-c5cc(-c6ccccc6)cc(-c6cc(-c7ccccc7)cc(-c7ccccc7)c6)c5)n4)c3)c2)cc1. The van der Waals surface area contributed by atoms with Crippen LogP contribution in [0.2, 0.25) is 0 Å². The molecule has 0 unspecified atom stereocenters. The topological polar surface area (TPSA) is 38.7 Å². The van der Waals surface area contributed by atoms with Gasteiger partial charge in [0.25, 0.3) is 0 Å². The van der Waals surface area contributed by atoms with Crippen molar-refractivity contribution in [2.75, 3.05) is 0 Å². The van der Waals surface area contributed by atoms with E-state index in [-0.39, 0.29) is 0 Å². The Morgan fingerprint density at radius 3 is 0.458 bits per heavy atom. The lowest BCUT2D eigenvalue weighted by Gasteiger charge is -2.16. The lowest BCUT2D eigenvalue weighted by Crippen LogP contribution is -2.01. The monoisotopic (exact) mass is 917 g/mol. The van der Waals surface area contributed by atoms with Crippen molar-refractivity contribution >= 4 is 0 Å². The largest absolute Gasteiger partial charge is 0.208 e. The maximum absolute atomic E-state index is 5.48. The van der Waals surface area contributed by atoms with Crippen LogP contribution in [0, 0.1) is 0 Å². The smallest absolute Gasteiger partial charge is 0.164 e. The van der Waals surface area contributed by atoms with E-state index in [1.165, 1.54) is 0 Å². The van der Waals surface area contributed by atoms with Gasteiger partial charge in [-0.05, 0) is 162 Å². The highest BCUT2D eigenvalue weighted by atomic mass is 15.0. The number of benzene rings is 11. The first kappa shape index (κ1) is 43.7. The van der Waals surface area contributed by atoms with Crippen molar-refractivity contribution < 1.29 is 0 Å². The molecular weight excluding hydrogens is 871 g/mol. The molecule has 0 aliphatic carbocycles. The van der Waals surface area contributed by atoms with Crippen LogP contribution in [0.1, 0.15) is 0 Å². The summed E-state index contributed by atoms with van der Waals surface area (Å²) in [6.45, 7) is 0. The van der Waals surface area contributed by atoms with Gasteiger partial charge in [-0.15, -0.1) is 0 Å². The second kappa shape index (κ2) is 19.8. The minimum Gasteiger partial charge on any atom is -0.208 e. The second-order valence-corrected chi connectivity index (χ2v) is 18.1. The Kier molecular flexibility index (Phi) is 12.0. The van der Waals surface area contributed by atoms with Gasteiger partial charge in [0, 0.05) is 16.7 Å². The molecule has 0 aliphatic rings. The highest BCUT2D eigenvalue weighted by Gasteiger charge is 2.18. The van der Waals surface area contributed by atoms with Gasteiger partial charge in [0.05, 0.1) is 0 Å². The first-order valence-corrected chi connectivity index (χ1v) is 24.4. The summed E-state index contributed by atoms with van der Waals surface area (Å²) in [5, 5.41) is 0. The van der Waals surface area contributed by atoms with Crippen molar-refractivity contribution in [2.45, 2.75) is 0 Å². The molecule has 1 heterocycles. The van der Waals surface area contributed by atoms with Crippen molar-refractivity contribution in [1.29, 1.82) is 0 Å². The van der Waals surface area contributed by atoms with Gasteiger partial charge in [0.1, 0.15) is 0 Å². The van der Waals surface area contributed by atoms with Crippen LogP contribution in [-0.4, -0.2) is 15.0 Å². The van der Waals surface area contributed by atoms with Crippen molar-refractivity contribution in [3.8, 4) is 123 Å². The minimum atomic E-state index is 0.587. The van der Waals surface area contributed by atoms with Crippen LogP contribution in [0.25, 0.3) is 123 Å². The molecule has 338 valence electrons. The maximum atomic E-state index is 5.48. The normalized spacial score (nSPS) is 11.1. The van der Waals surface area contributed by atoms with Crippen molar-refractivity contribution in [2.24, 2.45) is 0 Å². The molecule has 3 heteroatoms. The van der Waals surface area contributed by atoms with Gasteiger partial charge < -0.3 is 0 Å². The van der Waals surface area contributed by atoms with E-state index in [1.807, 2.05) is 18.2 Å². The fourth-order valence-electron chi connectivity index (χ4n) is 9.57. The van der Waals surface area contributed by atoms with Crippen LogP contribution >= 0.6 is 0 Å². The average Bonchev–Trinajstić information content (AvgIpc) is 3.48. The molecule has 11 aromatic carbocycles. The van der Waals surface area contributed by atoms with E-state index in [0.29, 0.717) is 17.5 Å². The van der Waals surface area contributed by atoms with Gasteiger partial charge in [0.15, 0.2) is 17.5 Å². The Morgan fingerprint density at radius 2 is 0.264 bits per heavy atom. The van der Waals surface area contributed by atoms with E-state index >= 15 is 0 Å². The van der Waals surface area contributed by atoms with E-state index in [4.69, 9.17) is 15.0 Å². The molecule has 0 radical (unpaired) electrons. The van der Waals surface area contributed by atoms with Gasteiger partial charge in [-0.1, -0.05) is 212 Å². The van der Waals surface area contributed by atoms with Crippen molar-refractivity contribution in [1.82, 2.24) is 15.0 Å². The Hall–Kier alpha value is -9.57. The van der Waals surface area contributed by atoms with Crippen LogP contribution in [-0.2, 0) is 0 Å². The summed E-state index contributed by atoms with van der Waals surface area (Å²) in [5.41, 5.74) is 20.6. The third-order valence-electron chi connectivity index (χ3n) is 13.2. The van der Waals surface area contributed by atoms with Crippen molar-refractivity contribution in [3.05, 3.63) is 285 Å². The fourth-order valence-corrected chi connectivity index (χ4v) is 9.57. The highest BCUT2D eigenvalue weighted by molar-refractivity contribution is 5.88. The molecule has 0 saturated carbocycles. The summed E-state index contributed by atoms with van der Waals surface area (Å²) in [5.74, 6) is 1.78. The zero-order valence-corrected chi connectivity index (χ0v) is 39.5. The molecule has 0 N–H and O–H groups in total. The summed E-state index contributed by atoms with van der Waals surface area (Å²) in [6, 6.07) is 101. The number of hydrogen-bond acceptors (Lipinski definition) is 3. The maximum Gasteiger partial charge on any atom is 0.164 e. The standard InChI is InChI=1S/C69H47N3/c1-8-22-48(23-9-1)55-36-56(49-24-10-2-11-25-49)39-61(38-55)63-42-59(52-30-16-5-17-31-52)44-65(46-63)68-70-67(54-34-20-7-21-35-54)71-69(72-68)66-45-60(53-32-18-6-19-33-53)43-64(47-66)62-40-57(50-26-12-3-13-27-50)37-58(41-62)51-28-14-4-15-29-51/h1-47H.